The average molecular weight is 194 g/mol. The summed E-state index contributed by atoms with van der Waals surface area (Å²) < 4.78 is 26.1. The van der Waals surface area contributed by atoms with Crippen LogP contribution in [-0.4, -0.2) is 44.0 Å². The normalized spacial score (nSPS) is 15.0. The van der Waals surface area contributed by atoms with Crippen molar-refractivity contribution >= 4 is 0 Å². The largest absolute Gasteiger partial charge is 0.314 e. The zero-order valence-electron chi connectivity index (χ0n) is 8.90. The number of alkyl halides is 2. The predicted molar refractivity (Wildman–Crippen MR) is 51.3 cm³/mol. The second kappa shape index (κ2) is 5.50. The summed E-state index contributed by atoms with van der Waals surface area (Å²) in [6.45, 7) is 3.52. The molecular weight excluding hydrogens is 174 g/mol. The Morgan fingerprint density at radius 3 is 2.38 bits per heavy atom. The van der Waals surface area contributed by atoms with E-state index in [0.717, 1.165) is 6.42 Å². The Morgan fingerprint density at radius 2 is 2.00 bits per heavy atom. The van der Waals surface area contributed by atoms with Gasteiger partial charge in [-0.1, -0.05) is 6.92 Å². The van der Waals surface area contributed by atoms with E-state index in [1.165, 1.54) is 7.05 Å². The zero-order valence-corrected chi connectivity index (χ0v) is 8.90. The van der Waals surface area contributed by atoms with Gasteiger partial charge in [0.15, 0.2) is 0 Å². The molecule has 13 heavy (non-hydrogen) atoms. The Hall–Kier alpha value is -0.220. The summed E-state index contributed by atoms with van der Waals surface area (Å²) in [5, 5.41) is 2.49. The van der Waals surface area contributed by atoms with Gasteiger partial charge in [-0.25, -0.2) is 8.78 Å². The van der Waals surface area contributed by atoms with Crippen LogP contribution in [0.5, 0.6) is 0 Å². The molecule has 0 fully saturated rings. The highest BCUT2D eigenvalue weighted by atomic mass is 19.3. The molecule has 0 saturated heterocycles. The first-order chi connectivity index (χ1) is 5.93. The van der Waals surface area contributed by atoms with Crippen LogP contribution in [0.15, 0.2) is 0 Å². The molecule has 0 heterocycles. The first kappa shape index (κ1) is 12.8. The van der Waals surface area contributed by atoms with Gasteiger partial charge < -0.3 is 5.32 Å². The Balaban J connectivity index is 3.94. The molecule has 0 radical (unpaired) electrons. The van der Waals surface area contributed by atoms with E-state index in [-0.39, 0.29) is 19.1 Å². The third kappa shape index (κ3) is 5.16. The van der Waals surface area contributed by atoms with Crippen LogP contribution in [0.4, 0.5) is 8.78 Å². The van der Waals surface area contributed by atoms with Crippen molar-refractivity contribution in [3.63, 3.8) is 0 Å². The molecule has 0 saturated carbocycles. The standard InChI is InChI=1S/C9H20F2N2/c1-5-8(2)13(4)7-9(10,11)6-12-3/h8,12H,5-7H2,1-4H3. The Labute approximate surface area is 79.3 Å². The molecule has 0 spiro atoms. The number of hydrogen-bond donors (Lipinski definition) is 1. The van der Waals surface area contributed by atoms with E-state index in [9.17, 15) is 8.78 Å². The topological polar surface area (TPSA) is 15.3 Å². The summed E-state index contributed by atoms with van der Waals surface area (Å²) >= 11 is 0. The molecule has 0 amide bonds. The van der Waals surface area contributed by atoms with Crippen LogP contribution in [0.2, 0.25) is 0 Å². The number of nitrogens with one attached hydrogen (secondary N) is 1. The van der Waals surface area contributed by atoms with Gasteiger partial charge in [-0.2, -0.15) is 0 Å². The van der Waals surface area contributed by atoms with Crippen molar-refractivity contribution in [3.05, 3.63) is 0 Å². The molecule has 4 heteroatoms. The highest BCUT2D eigenvalue weighted by molar-refractivity contribution is 4.74. The van der Waals surface area contributed by atoms with Gasteiger partial charge in [0.25, 0.3) is 5.92 Å². The van der Waals surface area contributed by atoms with Crippen molar-refractivity contribution in [3.8, 4) is 0 Å². The molecule has 0 aromatic carbocycles. The minimum absolute atomic E-state index is 0.178. The molecule has 0 aromatic rings. The molecule has 0 aliphatic rings. The van der Waals surface area contributed by atoms with E-state index in [1.54, 1.807) is 11.9 Å². The van der Waals surface area contributed by atoms with Gasteiger partial charge in [-0.3, -0.25) is 4.90 Å². The van der Waals surface area contributed by atoms with E-state index < -0.39 is 5.92 Å². The minimum atomic E-state index is -2.63. The van der Waals surface area contributed by atoms with E-state index in [1.807, 2.05) is 13.8 Å². The summed E-state index contributed by atoms with van der Waals surface area (Å²) in [5.41, 5.74) is 0. The van der Waals surface area contributed by atoms with Crippen LogP contribution in [-0.2, 0) is 0 Å². The van der Waals surface area contributed by atoms with Crippen molar-refractivity contribution < 1.29 is 8.78 Å². The van der Waals surface area contributed by atoms with E-state index in [0.29, 0.717) is 0 Å². The van der Waals surface area contributed by atoms with Crippen LogP contribution in [0.25, 0.3) is 0 Å². The lowest BCUT2D eigenvalue weighted by atomic mass is 10.2. The molecule has 0 aliphatic carbocycles. The zero-order chi connectivity index (χ0) is 10.5. The third-order valence-electron chi connectivity index (χ3n) is 2.26. The Morgan fingerprint density at radius 1 is 1.46 bits per heavy atom. The Kier molecular flexibility index (Phi) is 5.40. The molecule has 0 bridgehead atoms. The summed E-state index contributed by atoms with van der Waals surface area (Å²) in [5.74, 6) is -2.63. The molecule has 0 aliphatic heterocycles. The maximum Gasteiger partial charge on any atom is 0.272 e. The fourth-order valence-corrected chi connectivity index (χ4v) is 1.15. The molecular formula is C9H20F2N2. The maximum absolute atomic E-state index is 13.1. The van der Waals surface area contributed by atoms with Crippen LogP contribution in [0, 0.1) is 0 Å². The molecule has 80 valence electrons. The second-order valence-corrected chi connectivity index (χ2v) is 3.56. The highest BCUT2D eigenvalue weighted by Crippen LogP contribution is 2.15. The first-order valence-electron chi connectivity index (χ1n) is 4.65. The van der Waals surface area contributed by atoms with Crippen LogP contribution in [0.3, 0.4) is 0 Å². The van der Waals surface area contributed by atoms with Gasteiger partial charge in [-0.15, -0.1) is 0 Å². The lowest BCUT2D eigenvalue weighted by Crippen LogP contribution is -2.44. The Bertz CT molecular complexity index is 140. The average Bonchev–Trinajstić information content (AvgIpc) is 2.01. The van der Waals surface area contributed by atoms with Crippen molar-refractivity contribution in [2.24, 2.45) is 0 Å². The van der Waals surface area contributed by atoms with Crippen LogP contribution in [0.1, 0.15) is 20.3 Å². The number of nitrogens with zero attached hydrogens (tertiary/aromatic N) is 1. The van der Waals surface area contributed by atoms with Crippen molar-refractivity contribution in [2.75, 3.05) is 27.2 Å². The quantitative estimate of drug-likeness (QED) is 0.690. The number of rotatable bonds is 6. The molecule has 1 N–H and O–H groups in total. The van der Waals surface area contributed by atoms with Crippen LogP contribution < -0.4 is 5.32 Å². The SMILES string of the molecule is CCC(C)N(C)CC(F)(F)CNC. The fourth-order valence-electron chi connectivity index (χ4n) is 1.15. The van der Waals surface area contributed by atoms with E-state index >= 15 is 0 Å². The maximum atomic E-state index is 13.1. The van der Waals surface area contributed by atoms with Gasteiger partial charge in [0, 0.05) is 6.04 Å². The first-order valence-corrected chi connectivity index (χ1v) is 4.65. The monoisotopic (exact) mass is 194 g/mol. The van der Waals surface area contributed by atoms with Gasteiger partial charge in [0.05, 0.1) is 13.1 Å². The van der Waals surface area contributed by atoms with Crippen LogP contribution >= 0.6 is 0 Å². The van der Waals surface area contributed by atoms with E-state index in [2.05, 4.69) is 5.32 Å². The molecule has 1 unspecified atom stereocenters. The summed E-state index contributed by atoms with van der Waals surface area (Å²) in [6, 6.07) is 0.211. The summed E-state index contributed by atoms with van der Waals surface area (Å²) in [6.07, 6.45) is 0.895. The van der Waals surface area contributed by atoms with Crippen molar-refractivity contribution in [2.45, 2.75) is 32.2 Å². The smallest absolute Gasteiger partial charge is 0.272 e. The molecule has 1 atom stereocenters. The summed E-state index contributed by atoms with van der Waals surface area (Å²) in [4.78, 5) is 1.69. The summed E-state index contributed by atoms with van der Waals surface area (Å²) in [7, 11) is 3.27. The van der Waals surface area contributed by atoms with Gasteiger partial charge in [0.1, 0.15) is 0 Å². The lowest BCUT2D eigenvalue weighted by Gasteiger charge is -2.28. The van der Waals surface area contributed by atoms with Gasteiger partial charge in [-0.05, 0) is 27.4 Å². The minimum Gasteiger partial charge on any atom is -0.314 e. The van der Waals surface area contributed by atoms with Crippen molar-refractivity contribution in [1.82, 2.24) is 10.2 Å². The van der Waals surface area contributed by atoms with Gasteiger partial charge >= 0.3 is 0 Å². The van der Waals surface area contributed by atoms with Gasteiger partial charge in [0.2, 0.25) is 0 Å². The van der Waals surface area contributed by atoms with E-state index in [4.69, 9.17) is 0 Å². The second-order valence-electron chi connectivity index (χ2n) is 3.56. The number of halogens is 2. The lowest BCUT2D eigenvalue weighted by molar-refractivity contribution is -0.0310. The van der Waals surface area contributed by atoms with Crippen molar-refractivity contribution in [1.29, 1.82) is 0 Å². The molecule has 0 aromatic heterocycles. The highest BCUT2D eigenvalue weighted by Gasteiger charge is 2.30. The number of hydrogen-bond acceptors (Lipinski definition) is 2. The fraction of sp³-hybridized carbons (Fsp3) is 1.00. The molecule has 2 nitrogen and oxygen atoms in total. The predicted octanol–water partition coefficient (Wildman–Crippen LogP) is 1.57. The third-order valence-corrected chi connectivity index (χ3v) is 2.26. The molecule has 0 rings (SSSR count).